The van der Waals surface area contributed by atoms with Crippen LogP contribution in [-0.4, -0.2) is 18.1 Å². The van der Waals surface area contributed by atoms with E-state index in [0.717, 1.165) is 12.0 Å². The van der Waals surface area contributed by atoms with Gasteiger partial charge in [0.15, 0.2) is 0 Å². The molecule has 3 aromatic rings. The Kier molecular flexibility index (Phi) is 7.29. The molecule has 4 rings (SSSR count). The van der Waals surface area contributed by atoms with Crippen LogP contribution in [0.1, 0.15) is 60.2 Å². The van der Waals surface area contributed by atoms with E-state index in [1.165, 1.54) is 23.3 Å². The summed E-state index contributed by atoms with van der Waals surface area (Å²) in [6.07, 6.45) is 2.38. The summed E-state index contributed by atoms with van der Waals surface area (Å²) in [6, 6.07) is 19.9. The van der Waals surface area contributed by atoms with Crippen LogP contribution in [0.5, 0.6) is 5.75 Å². The number of amides is 1. The normalized spacial score (nSPS) is 17.3. The van der Waals surface area contributed by atoms with Crippen molar-refractivity contribution in [2.24, 2.45) is 11.0 Å². The molecular weight excluding hydrogens is 483 g/mol. The predicted octanol–water partition coefficient (Wildman–Crippen LogP) is 6.76. The lowest BCUT2D eigenvalue weighted by atomic mass is 9.86. The Balaban J connectivity index is 1.27. The second-order valence-corrected chi connectivity index (χ2v) is 10.5. The quantitative estimate of drug-likeness (QED) is 0.173. The summed E-state index contributed by atoms with van der Waals surface area (Å²) in [5, 5.41) is 4.74. The van der Waals surface area contributed by atoms with Crippen molar-refractivity contribution in [2.45, 2.75) is 38.5 Å². The van der Waals surface area contributed by atoms with Crippen molar-refractivity contribution >= 4 is 41.3 Å². The minimum atomic E-state index is -0.576. The van der Waals surface area contributed by atoms with Crippen LogP contribution >= 0.6 is 23.2 Å². The number of carbonyl (C=O) groups excluding carboxylic acids is 2. The van der Waals surface area contributed by atoms with Crippen molar-refractivity contribution in [2.75, 3.05) is 0 Å². The molecule has 1 amide bonds. The molecule has 1 N–H and O–H groups in total. The zero-order chi connectivity index (χ0) is 25.2. The molecule has 0 spiro atoms. The van der Waals surface area contributed by atoms with Crippen LogP contribution in [0.25, 0.3) is 0 Å². The highest BCUT2D eigenvalue weighted by atomic mass is 35.5. The number of nitrogens with zero attached hydrogens (tertiary/aromatic N) is 1. The van der Waals surface area contributed by atoms with E-state index >= 15 is 0 Å². The lowest BCUT2D eigenvalue weighted by Crippen LogP contribution is -2.20. The van der Waals surface area contributed by atoms with Crippen molar-refractivity contribution in [3.8, 4) is 5.75 Å². The fourth-order valence-corrected chi connectivity index (χ4v) is 4.26. The van der Waals surface area contributed by atoms with E-state index in [0.29, 0.717) is 10.8 Å². The second-order valence-electron chi connectivity index (χ2n) is 9.64. The molecule has 180 valence electrons. The summed E-state index contributed by atoms with van der Waals surface area (Å²) >= 11 is 11.9. The zero-order valence-corrected chi connectivity index (χ0v) is 21.2. The van der Waals surface area contributed by atoms with Gasteiger partial charge in [-0.15, -0.1) is 0 Å². The van der Waals surface area contributed by atoms with Gasteiger partial charge in [-0.2, -0.15) is 5.10 Å². The molecule has 7 heteroatoms. The van der Waals surface area contributed by atoms with E-state index in [9.17, 15) is 9.59 Å². The Labute approximate surface area is 215 Å². The number of halogens is 2. The largest absolute Gasteiger partial charge is 0.423 e. The number of ether oxygens (including phenoxy) is 1. The van der Waals surface area contributed by atoms with Gasteiger partial charge in [-0.3, -0.25) is 4.79 Å². The predicted molar refractivity (Wildman–Crippen MR) is 140 cm³/mol. The van der Waals surface area contributed by atoms with Gasteiger partial charge in [0.05, 0.1) is 16.8 Å². The zero-order valence-electron chi connectivity index (χ0n) is 19.7. The topological polar surface area (TPSA) is 67.8 Å². The number of hydrogen-bond acceptors (Lipinski definition) is 4. The number of hydrogen-bond donors (Lipinski definition) is 1. The molecule has 0 unspecified atom stereocenters. The maximum Gasteiger partial charge on any atom is 0.345 e. The summed E-state index contributed by atoms with van der Waals surface area (Å²) in [4.78, 5) is 24.8. The molecule has 1 fully saturated rings. The lowest BCUT2D eigenvalue weighted by molar-refractivity contribution is -0.122. The van der Waals surface area contributed by atoms with Crippen LogP contribution in [0.4, 0.5) is 0 Å². The Morgan fingerprint density at radius 1 is 1.00 bits per heavy atom. The molecule has 0 saturated heterocycles. The van der Waals surface area contributed by atoms with Gasteiger partial charge in [-0.1, -0.05) is 68.2 Å². The monoisotopic (exact) mass is 508 g/mol. The highest BCUT2D eigenvalue weighted by Crippen LogP contribution is 2.47. The number of benzene rings is 3. The standard InChI is InChI=1S/C28H26Cl2N2O3/c1-28(2,3)19-8-6-18(7-9-19)23-15-24(23)26(33)32-31-16-17-4-11-21(12-5-17)35-27(34)22-13-10-20(29)14-25(22)30/h4-14,16,23-24H,15H2,1-3H3,(H,32,33)/b31-16+/t23-,24+/m0/s1. The summed E-state index contributed by atoms with van der Waals surface area (Å²) < 4.78 is 5.36. The molecule has 0 radical (unpaired) electrons. The van der Waals surface area contributed by atoms with Crippen LogP contribution in [0.2, 0.25) is 10.0 Å². The highest BCUT2D eigenvalue weighted by Gasteiger charge is 2.44. The molecule has 3 aromatic carbocycles. The van der Waals surface area contributed by atoms with E-state index in [1.807, 2.05) is 0 Å². The van der Waals surface area contributed by atoms with Crippen LogP contribution < -0.4 is 10.2 Å². The van der Waals surface area contributed by atoms with Gasteiger partial charge in [-0.05, 0) is 76.9 Å². The highest BCUT2D eigenvalue weighted by molar-refractivity contribution is 6.36. The summed E-state index contributed by atoms with van der Waals surface area (Å²) in [7, 11) is 0. The third kappa shape index (κ3) is 6.30. The first-order chi connectivity index (χ1) is 16.6. The minimum Gasteiger partial charge on any atom is -0.423 e. The van der Waals surface area contributed by atoms with Gasteiger partial charge >= 0.3 is 5.97 Å². The lowest BCUT2D eigenvalue weighted by Gasteiger charge is -2.19. The third-order valence-corrected chi connectivity index (χ3v) is 6.51. The molecule has 0 aliphatic heterocycles. The van der Waals surface area contributed by atoms with Crippen molar-refractivity contribution in [3.63, 3.8) is 0 Å². The van der Waals surface area contributed by atoms with Crippen molar-refractivity contribution in [3.05, 3.63) is 99.0 Å². The molecule has 35 heavy (non-hydrogen) atoms. The summed E-state index contributed by atoms with van der Waals surface area (Å²) in [5.41, 5.74) is 6.18. The van der Waals surface area contributed by atoms with Gasteiger partial charge in [0.25, 0.3) is 0 Å². The van der Waals surface area contributed by atoms with E-state index in [-0.39, 0.29) is 33.7 Å². The third-order valence-electron chi connectivity index (χ3n) is 5.96. The van der Waals surface area contributed by atoms with Crippen LogP contribution in [0.15, 0.2) is 71.8 Å². The van der Waals surface area contributed by atoms with Crippen LogP contribution in [-0.2, 0) is 10.2 Å². The number of hydrazone groups is 1. The molecule has 1 aliphatic rings. The van der Waals surface area contributed by atoms with Crippen LogP contribution in [0, 0.1) is 5.92 Å². The smallest absolute Gasteiger partial charge is 0.345 e. The van der Waals surface area contributed by atoms with Gasteiger partial charge in [0.2, 0.25) is 5.91 Å². The molecule has 1 aliphatic carbocycles. The fraction of sp³-hybridized carbons (Fsp3) is 0.250. The van der Waals surface area contributed by atoms with Gasteiger partial charge in [-0.25, -0.2) is 10.2 Å². The maximum absolute atomic E-state index is 12.5. The maximum atomic E-state index is 12.5. The van der Waals surface area contributed by atoms with Crippen molar-refractivity contribution in [1.82, 2.24) is 5.43 Å². The van der Waals surface area contributed by atoms with Crippen LogP contribution in [0.3, 0.4) is 0 Å². The van der Waals surface area contributed by atoms with E-state index in [1.54, 1.807) is 36.5 Å². The van der Waals surface area contributed by atoms with Gasteiger partial charge in [0.1, 0.15) is 5.75 Å². The van der Waals surface area contributed by atoms with E-state index in [4.69, 9.17) is 27.9 Å². The van der Waals surface area contributed by atoms with E-state index in [2.05, 4.69) is 55.6 Å². The Bertz CT molecular complexity index is 1260. The number of rotatable bonds is 6. The molecule has 0 heterocycles. The van der Waals surface area contributed by atoms with Crippen molar-refractivity contribution < 1.29 is 14.3 Å². The first-order valence-corrected chi connectivity index (χ1v) is 12.1. The number of esters is 1. The molecule has 0 bridgehead atoms. The molecule has 5 nitrogen and oxygen atoms in total. The number of nitrogens with one attached hydrogen (secondary N) is 1. The minimum absolute atomic E-state index is 0.0610. The molecule has 1 saturated carbocycles. The fourth-order valence-electron chi connectivity index (χ4n) is 3.78. The SMILES string of the molecule is CC(C)(C)c1ccc([C@@H]2C[C@H]2C(=O)N/N=C/c2ccc(OC(=O)c3ccc(Cl)cc3Cl)cc2)cc1. The molecule has 2 atom stereocenters. The average Bonchev–Trinajstić information content (AvgIpc) is 3.61. The average molecular weight is 509 g/mol. The summed E-state index contributed by atoms with van der Waals surface area (Å²) in [6.45, 7) is 6.56. The second kappa shape index (κ2) is 10.2. The first kappa shape index (κ1) is 25.0. The van der Waals surface area contributed by atoms with E-state index < -0.39 is 5.97 Å². The summed E-state index contributed by atoms with van der Waals surface area (Å²) in [5.74, 6) is -0.124. The first-order valence-electron chi connectivity index (χ1n) is 11.3. The molecular formula is C28H26Cl2N2O3. The van der Waals surface area contributed by atoms with Crippen molar-refractivity contribution in [1.29, 1.82) is 0 Å². The van der Waals surface area contributed by atoms with Gasteiger partial charge < -0.3 is 4.74 Å². The Hall–Kier alpha value is -3.15. The number of carbonyl (C=O) groups is 2. The molecule has 0 aromatic heterocycles. The Morgan fingerprint density at radius 3 is 2.31 bits per heavy atom. The Morgan fingerprint density at radius 2 is 1.69 bits per heavy atom. The van der Waals surface area contributed by atoms with Gasteiger partial charge in [0, 0.05) is 10.9 Å².